The predicted octanol–water partition coefficient (Wildman–Crippen LogP) is 1.54. The molecule has 3 rings (SSSR count). The van der Waals surface area contributed by atoms with Gasteiger partial charge in [0.05, 0.1) is 26.0 Å². The fraction of sp³-hybridized carbons (Fsp3) is 0.312. The van der Waals surface area contributed by atoms with Gasteiger partial charge in [0.1, 0.15) is 11.9 Å². The first-order valence-electron chi connectivity index (χ1n) is 7.27. The number of carbonyl (C=O) groups excluding carboxylic acids is 1. The molecule has 7 heteroatoms. The van der Waals surface area contributed by atoms with Gasteiger partial charge in [-0.3, -0.25) is 9.78 Å². The quantitative estimate of drug-likeness (QED) is 0.859. The number of rotatable bonds is 3. The summed E-state index contributed by atoms with van der Waals surface area (Å²) >= 11 is 0. The first-order chi connectivity index (χ1) is 11.2. The van der Waals surface area contributed by atoms with Gasteiger partial charge in [0.2, 0.25) is 5.88 Å². The standard InChI is InChI=1S/C16H16FN3O3/c17-13-3-1-12(2-4-13)16(21)20-7-8-22-11-14(10-20)23-15-9-18-5-6-19-15/h1-6,9,14H,7-8,10-11H2. The number of amides is 1. The molecule has 0 bridgehead atoms. The molecule has 1 atom stereocenters. The normalized spacial score (nSPS) is 18.3. The highest BCUT2D eigenvalue weighted by Crippen LogP contribution is 2.13. The number of hydrogen-bond acceptors (Lipinski definition) is 5. The minimum atomic E-state index is -0.371. The van der Waals surface area contributed by atoms with E-state index in [1.165, 1.54) is 36.7 Å². The van der Waals surface area contributed by atoms with Crippen molar-refractivity contribution in [2.75, 3.05) is 26.3 Å². The Morgan fingerprint density at radius 1 is 1.30 bits per heavy atom. The molecule has 6 nitrogen and oxygen atoms in total. The average molecular weight is 317 g/mol. The molecule has 2 heterocycles. The smallest absolute Gasteiger partial charge is 0.254 e. The molecule has 1 aromatic carbocycles. The first kappa shape index (κ1) is 15.4. The van der Waals surface area contributed by atoms with E-state index in [1.54, 1.807) is 11.1 Å². The van der Waals surface area contributed by atoms with Gasteiger partial charge < -0.3 is 14.4 Å². The average Bonchev–Trinajstić information content (AvgIpc) is 2.81. The molecule has 1 fully saturated rings. The summed E-state index contributed by atoms with van der Waals surface area (Å²) in [6.45, 7) is 1.61. The summed E-state index contributed by atoms with van der Waals surface area (Å²) in [5, 5.41) is 0. The van der Waals surface area contributed by atoms with Crippen molar-refractivity contribution in [2.45, 2.75) is 6.10 Å². The summed E-state index contributed by atoms with van der Waals surface area (Å²) in [7, 11) is 0. The van der Waals surface area contributed by atoms with E-state index in [0.29, 0.717) is 37.7 Å². The third-order valence-corrected chi connectivity index (χ3v) is 3.44. The van der Waals surface area contributed by atoms with Crippen molar-refractivity contribution in [3.05, 3.63) is 54.2 Å². The van der Waals surface area contributed by atoms with Crippen LogP contribution in [0.4, 0.5) is 4.39 Å². The topological polar surface area (TPSA) is 64.6 Å². The molecule has 0 N–H and O–H groups in total. The van der Waals surface area contributed by atoms with Crippen molar-refractivity contribution in [3.63, 3.8) is 0 Å². The lowest BCUT2D eigenvalue weighted by Gasteiger charge is -2.23. The monoisotopic (exact) mass is 317 g/mol. The minimum Gasteiger partial charge on any atom is -0.469 e. The van der Waals surface area contributed by atoms with E-state index >= 15 is 0 Å². The molecule has 0 spiro atoms. The van der Waals surface area contributed by atoms with Gasteiger partial charge in [0.25, 0.3) is 5.91 Å². The maximum Gasteiger partial charge on any atom is 0.254 e. The molecule has 0 radical (unpaired) electrons. The van der Waals surface area contributed by atoms with E-state index in [0.717, 1.165) is 0 Å². The van der Waals surface area contributed by atoms with E-state index in [4.69, 9.17) is 9.47 Å². The molecule has 23 heavy (non-hydrogen) atoms. The van der Waals surface area contributed by atoms with Crippen molar-refractivity contribution in [3.8, 4) is 5.88 Å². The number of ether oxygens (including phenoxy) is 2. The highest BCUT2D eigenvalue weighted by molar-refractivity contribution is 5.94. The zero-order valence-corrected chi connectivity index (χ0v) is 12.4. The van der Waals surface area contributed by atoms with Crippen LogP contribution in [-0.2, 0) is 4.74 Å². The van der Waals surface area contributed by atoms with E-state index in [2.05, 4.69) is 9.97 Å². The zero-order chi connectivity index (χ0) is 16.1. The molecule has 0 aliphatic carbocycles. The van der Waals surface area contributed by atoms with Crippen LogP contribution >= 0.6 is 0 Å². The third-order valence-electron chi connectivity index (χ3n) is 3.44. The summed E-state index contributed by atoms with van der Waals surface area (Å²) in [5.41, 5.74) is 0.437. The van der Waals surface area contributed by atoms with Crippen LogP contribution in [0.2, 0.25) is 0 Å². The maximum absolute atomic E-state index is 13.0. The van der Waals surface area contributed by atoms with Crippen molar-refractivity contribution in [2.24, 2.45) is 0 Å². The molecule has 0 saturated carbocycles. The highest BCUT2D eigenvalue weighted by atomic mass is 19.1. The van der Waals surface area contributed by atoms with Gasteiger partial charge in [-0.2, -0.15) is 0 Å². The number of nitrogens with zero attached hydrogens (tertiary/aromatic N) is 3. The van der Waals surface area contributed by atoms with Crippen LogP contribution in [0, 0.1) is 5.82 Å². The lowest BCUT2D eigenvalue weighted by molar-refractivity contribution is 0.0632. The van der Waals surface area contributed by atoms with Gasteiger partial charge in [-0.25, -0.2) is 9.37 Å². The Kier molecular flexibility index (Phi) is 4.77. The van der Waals surface area contributed by atoms with Crippen LogP contribution < -0.4 is 4.74 Å². The van der Waals surface area contributed by atoms with Gasteiger partial charge in [-0.05, 0) is 24.3 Å². The SMILES string of the molecule is O=C(c1ccc(F)cc1)N1CCOCC(Oc2cnccn2)C1. The van der Waals surface area contributed by atoms with Crippen LogP contribution in [0.25, 0.3) is 0 Å². The Labute approximate surface area is 132 Å². The molecular weight excluding hydrogens is 301 g/mol. The first-order valence-corrected chi connectivity index (χ1v) is 7.27. The molecule has 1 aromatic heterocycles. The van der Waals surface area contributed by atoms with Crippen LogP contribution in [0.15, 0.2) is 42.9 Å². The van der Waals surface area contributed by atoms with Crippen molar-refractivity contribution in [1.29, 1.82) is 0 Å². The molecule has 120 valence electrons. The van der Waals surface area contributed by atoms with E-state index in [1.807, 2.05) is 0 Å². The fourth-order valence-electron chi connectivity index (χ4n) is 2.33. The Morgan fingerprint density at radius 3 is 2.87 bits per heavy atom. The van der Waals surface area contributed by atoms with Gasteiger partial charge in [-0.15, -0.1) is 0 Å². The number of aromatic nitrogens is 2. The van der Waals surface area contributed by atoms with Crippen LogP contribution in [0.5, 0.6) is 5.88 Å². The summed E-state index contributed by atoms with van der Waals surface area (Å²) in [6.07, 6.45) is 4.27. The molecule has 1 amide bonds. The number of hydrogen-bond donors (Lipinski definition) is 0. The van der Waals surface area contributed by atoms with E-state index < -0.39 is 0 Å². The molecule has 1 unspecified atom stereocenters. The molecule has 2 aromatic rings. The summed E-state index contributed by atoms with van der Waals surface area (Å²) < 4.78 is 24.2. The number of benzene rings is 1. The van der Waals surface area contributed by atoms with Crippen molar-refractivity contribution < 1.29 is 18.7 Å². The van der Waals surface area contributed by atoms with Gasteiger partial charge in [-0.1, -0.05) is 0 Å². The zero-order valence-electron chi connectivity index (χ0n) is 12.4. The molecule has 1 aliphatic heterocycles. The maximum atomic E-state index is 13.0. The fourth-order valence-corrected chi connectivity index (χ4v) is 2.33. The van der Waals surface area contributed by atoms with Crippen molar-refractivity contribution in [1.82, 2.24) is 14.9 Å². The van der Waals surface area contributed by atoms with Gasteiger partial charge >= 0.3 is 0 Å². The Morgan fingerprint density at radius 2 is 2.13 bits per heavy atom. The predicted molar refractivity (Wildman–Crippen MR) is 79.6 cm³/mol. The highest BCUT2D eigenvalue weighted by Gasteiger charge is 2.25. The summed E-state index contributed by atoms with van der Waals surface area (Å²) in [6, 6.07) is 5.49. The Balaban J connectivity index is 1.69. The molecule has 1 aliphatic rings. The number of carbonyl (C=O) groups is 1. The molecule has 1 saturated heterocycles. The third kappa shape index (κ3) is 4.01. The molecular formula is C16H16FN3O3. The van der Waals surface area contributed by atoms with Crippen LogP contribution in [0.1, 0.15) is 10.4 Å². The largest absolute Gasteiger partial charge is 0.469 e. The lowest BCUT2D eigenvalue weighted by Crippen LogP contribution is -2.40. The summed E-state index contributed by atoms with van der Waals surface area (Å²) in [5.74, 6) is -0.162. The van der Waals surface area contributed by atoms with Crippen LogP contribution in [0.3, 0.4) is 0 Å². The second kappa shape index (κ2) is 7.15. The van der Waals surface area contributed by atoms with Gasteiger partial charge in [0.15, 0.2) is 0 Å². The second-order valence-electron chi connectivity index (χ2n) is 5.12. The van der Waals surface area contributed by atoms with Crippen molar-refractivity contribution >= 4 is 5.91 Å². The Hall–Kier alpha value is -2.54. The lowest BCUT2D eigenvalue weighted by atomic mass is 10.2. The van der Waals surface area contributed by atoms with E-state index in [-0.39, 0.29) is 17.8 Å². The van der Waals surface area contributed by atoms with E-state index in [9.17, 15) is 9.18 Å². The minimum absolute atomic E-state index is 0.178. The summed E-state index contributed by atoms with van der Waals surface area (Å²) in [4.78, 5) is 22.2. The Bertz CT molecular complexity index is 651. The second-order valence-corrected chi connectivity index (χ2v) is 5.12. The number of halogens is 1. The van der Waals surface area contributed by atoms with Crippen LogP contribution in [-0.4, -0.2) is 53.2 Å². The van der Waals surface area contributed by atoms with Gasteiger partial charge in [0, 0.05) is 24.5 Å².